The van der Waals surface area contributed by atoms with Crippen LogP contribution < -0.4 is 10.6 Å². The molecule has 0 amide bonds. The van der Waals surface area contributed by atoms with Crippen LogP contribution in [0.15, 0.2) is 18.3 Å². The quantitative estimate of drug-likeness (QED) is 0.742. The van der Waals surface area contributed by atoms with Crippen molar-refractivity contribution in [2.75, 3.05) is 23.7 Å². The third kappa shape index (κ3) is 1.97. The molecule has 0 atom stereocenters. The average Bonchev–Trinajstić information content (AvgIpc) is 2.32. The average molecular weight is 194 g/mol. The van der Waals surface area contributed by atoms with Crippen molar-refractivity contribution in [1.29, 1.82) is 0 Å². The summed E-state index contributed by atoms with van der Waals surface area (Å²) in [6.07, 6.45) is 2.03. The second-order valence-corrected chi connectivity index (χ2v) is 3.88. The molecular weight excluding hydrogens is 174 g/mol. The normalized spacial score (nSPS) is 21.5. The molecule has 0 spiro atoms. The Morgan fingerprint density at radius 2 is 2.21 bits per heavy atom. The highest BCUT2D eigenvalue weighted by Crippen LogP contribution is 2.21. The molecule has 1 aromatic heterocycles. The number of hydrogen-bond acceptors (Lipinski definition) is 3. The summed E-state index contributed by atoms with van der Waals surface area (Å²) in [5.41, 5.74) is 5.52. The van der Waals surface area contributed by atoms with Crippen LogP contribution in [0, 0.1) is 5.92 Å². The first-order chi connectivity index (χ1) is 8.00. The van der Waals surface area contributed by atoms with Gasteiger partial charge in [-0.05, 0) is 30.8 Å². The lowest BCUT2D eigenvalue weighted by molar-refractivity contribution is 0.436. The van der Waals surface area contributed by atoms with Gasteiger partial charge in [-0.1, -0.05) is 6.92 Å². The second-order valence-electron chi connectivity index (χ2n) is 3.88. The van der Waals surface area contributed by atoms with Gasteiger partial charge in [-0.15, -0.1) is 0 Å². The minimum absolute atomic E-state index is 0.0101. The summed E-state index contributed by atoms with van der Waals surface area (Å²) in [4.78, 5) is 6.03. The summed E-state index contributed by atoms with van der Waals surface area (Å²) < 4.78 is 23.1. The predicted octanol–water partition coefficient (Wildman–Crippen LogP) is 1.90. The zero-order valence-electron chi connectivity index (χ0n) is 11.4. The number of piperidine rings is 1. The molecule has 0 aromatic carbocycles. The molecule has 0 saturated carbocycles. The van der Waals surface area contributed by atoms with Crippen LogP contribution in [0.3, 0.4) is 0 Å². The van der Waals surface area contributed by atoms with Gasteiger partial charge in [0.1, 0.15) is 5.82 Å². The molecule has 1 fully saturated rings. The molecule has 3 heteroatoms. The molecule has 0 radical (unpaired) electrons. The van der Waals surface area contributed by atoms with Crippen LogP contribution in [0.2, 0.25) is 0 Å². The van der Waals surface area contributed by atoms with Crippen LogP contribution in [0.1, 0.15) is 23.9 Å². The van der Waals surface area contributed by atoms with Crippen LogP contribution >= 0.6 is 0 Å². The summed E-state index contributed by atoms with van der Waals surface area (Å²) in [6.45, 7) is 3.88. The van der Waals surface area contributed by atoms with Crippen molar-refractivity contribution < 1.29 is 4.11 Å². The van der Waals surface area contributed by atoms with Crippen LogP contribution in [0.5, 0.6) is 0 Å². The SMILES string of the molecule is [2H]c1nc(N2CCC(C)CC2)c([2H])c([2H])c1N. The van der Waals surface area contributed by atoms with Gasteiger partial charge in [-0.3, -0.25) is 0 Å². The topological polar surface area (TPSA) is 42.2 Å². The van der Waals surface area contributed by atoms with E-state index in [1.807, 2.05) is 4.90 Å². The fourth-order valence-corrected chi connectivity index (χ4v) is 1.66. The molecule has 0 bridgehead atoms. The zero-order valence-corrected chi connectivity index (χ0v) is 8.38. The number of nitrogens with two attached hydrogens (primary N) is 1. The van der Waals surface area contributed by atoms with E-state index in [4.69, 9.17) is 9.85 Å². The number of nitrogen functional groups attached to an aromatic ring is 1. The zero-order chi connectivity index (χ0) is 12.6. The molecule has 1 aliphatic rings. The molecule has 3 nitrogen and oxygen atoms in total. The second kappa shape index (κ2) is 3.86. The molecule has 2 rings (SSSR count). The lowest BCUT2D eigenvalue weighted by Crippen LogP contribution is -2.33. The van der Waals surface area contributed by atoms with Gasteiger partial charge in [0.25, 0.3) is 0 Å². The van der Waals surface area contributed by atoms with Crippen LogP contribution in [-0.2, 0) is 0 Å². The van der Waals surface area contributed by atoms with E-state index in [9.17, 15) is 0 Å². The molecule has 2 N–H and O–H groups in total. The summed E-state index contributed by atoms with van der Waals surface area (Å²) >= 11 is 0. The smallest absolute Gasteiger partial charge is 0.128 e. The molecule has 0 aliphatic carbocycles. The lowest BCUT2D eigenvalue weighted by Gasteiger charge is -2.31. The standard InChI is InChI=1S/C11H17N3/c1-9-4-6-14(7-5-9)11-3-2-10(12)8-13-11/h2-3,8-9H,4-7,12H2,1H3/i2D,3D,8D. The number of pyridine rings is 1. The summed E-state index contributed by atoms with van der Waals surface area (Å²) in [5, 5.41) is 0. The number of hydrogen-bond donors (Lipinski definition) is 1. The number of rotatable bonds is 1. The van der Waals surface area contributed by atoms with E-state index in [-0.39, 0.29) is 23.9 Å². The van der Waals surface area contributed by atoms with E-state index in [1.54, 1.807) is 0 Å². The van der Waals surface area contributed by atoms with Gasteiger partial charge in [0, 0.05) is 13.1 Å². The van der Waals surface area contributed by atoms with Gasteiger partial charge in [0.15, 0.2) is 0 Å². The van der Waals surface area contributed by atoms with Gasteiger partial charge < -0.3 is 10.6 Å². The summed E-state index contributed by atoms with van der Waals surface area (Å²) in [5.74, 6) is 1.13. The Hall–Kier alpha value is -1.25. The van der Waals surface area contributed by atoms with Gasteiger partial charge in [0.2, 0.25) is 0 Å². The lowest BCUT2D eigenvalue weighted by atomic mass is 9.99. The van der Waals surface area contributed by atoms with Crippen molar-refractivity contribution in [3.63, 3.8) is 0 Å². The third-order valence-corrected chi connectivity index (χ3v) is 2.67. The molecule has 1 aliphatic heterocycles. The van der Waals surface area contributed by atoms with E-state index in [0.717, 1.165) is 25.9 Å². The molecule has 0 unspecified atom stereocenters. The maximum Gasteiger partial charge on any atom is 0.128 e. The minimum Gasteiger partial charge on any atom is -0.397 e. The van der Waals surface area contributed by atoms with Crippen LogP contribution in [-0.4, -0.2) is 18.1 Å². The van der Waals surface area contributed by atoms with Gasteiger partial charge in [-0.25, -0.2) is 4.98 Å². The van der Waals surface area contributed by atoms with E-state index in [0.29, 0.717) is 11.7 Å². The third-order valence-electron chi connectivity index (χ3n) is 2.67. The first-order valence-corrected chi connectivity index (χ1v) is 4.99. The Morgan fingerprint density at radius 3 is 2.93 bits per heavy atom. The van der Waals surface area contributed by atoms with E-state index in [2.05, 4.69) is 11.9 Å². The fraction of sp³-hybridized carbons (Fsp3) is 0.545. The highest BCUT2D eigenvalue weighted by atomic mass is 15.2. The molecule has 1 aromatic rings. The van der Waals surface area contributed by atoms with Crippen molar-refractivity contribution in [1.82, 2.24) is 4.98 Å². The fourth-order valence-electron chi connectivity index (χ4n) is 1.66. The monoisotopic (exact) mass is 194 g/mol. The van der Waals surface area contributed by atoms with Crippen molar-refractivity contribution in [2.24, 2.45) is 5.92 Å². The van der Waals surface area contributed by atoms with E-state index in [1.165, 1.54) is 0 Å². The van der Waals surface area contributed by atoms with Crippen LogP contribution in [0.25, 0.3) is 0 Å². The van der Waals surface area contributed by atoms with Gasteiger partial charge >= 0.3 is 0 Å². The van der Waals surface area contributed by atoms with Gasteiger partial charge in [-0.2, -0.15) is 0 Å². The number of nitrogens with zero attached hydrogens (tertiary/aromatic N) is 2. The summed E-state index contributed by atoms with van der Waals surface area (Å²) in [7, 11) is 0. The maximum absolute atomic E-state index is 7.86. The van der Waals surface area contributed by atoms with Crippen molar-refractivity contribution in [3.8, 4) is 0 Å². The Bertz CT molecular complexity index is 428. The first-order valence-electron chi connectivity index (χ1n) is 6.49. The van der Waals surface area contributed by atoms with Crippen molar-refractivity contribution in [2.45, 2.75) is 19.8 Å². The highest BCUT2D eigenvalue weighted by molar-refractivity contribution is 5.45. The predicted molar refractivity (Wildman–Crippen MR) is 59.3 cm³/mol. The number of aromatic nitrogens is 1. The molecule has 14 heavy (non-hydrogen) atoms. The minimum atomic E-state index is -0.0976. The maximum atomic E-state index is 7.86. The Labute approximate surface area is 89.1 Å². The van der Waals surface area contributed by atoms with E-state index >= 15 is 0 Å². The Kier molecular flexibility index (Phi) is 1.73. The highest BCUT2D eigenvalue weighted by Gasteiger charge is 2.16. The van der Waals surface area contributed by atoms with Crippen molar-refractivity contribution in [3.05, 3.63) is 18.3 Å². The van der Waals surface area contributed by atoms with Crippen molar-refractivity contribution >= 4 is 11.5 Å². The molecule has 2 heterocycles. The molecule has 76 valence electrons. The first kappa shape index (κ1) is 6.27. The molecular formula is C11H17N3. The summed E-state index contributed by atoms with van der Waals surface area (Å²) in [6, 6.07) is -0.0494. The largest absolute Gasteiger partial charge is 0.397 e. The van der Waals surface area contributed by atoms with E-state index < -0.39 is 0 Å². The Balaban J connectivity index is 2.33. The number of anilines is 2. The Morgan fingerprint density at radius 1 is 1.50 bits per heavy atom. The molecule has 1 saturated heterocycles. The van der Waals surface area contributed by atoms with Gasteiger partial charge in [0.05, 0.1) is 16.0 Å². The van der Waals surface area contributed by atoms with Crippen LogP contribution in [0.4, 0.5) is 11.5 Å².